The van der Waals surface area contributed by atoms with E-state index in [2.05, 4.69) is 61.6 Å². The monoisotopic (exact) mass is 287 g/mol. The minimum absolute atomic E-state index is 0.581. The number of aryl methyl sites for hydroxylation is 1. The maximum absolute atomic E-state index is 6.23. The predicted molar refractivity (Wildman–Crippen MR) is 87.4 cm³/mol. The SMILES string of the molecule is Cc1ccc(CNCCC(C)c2ccccc2)c(Cl)c1. The number of hydrogen-bond acceptors (Lipinski definition) is 1. The molecule has 2 aromatic rings. The van der Waals surface area contributed by atoms with Crippen molar-refractivity contribution in [3.05, 3.63) is 70.2 Å². The van der Waals surface area contributed by atoms with E-state index in [0.717, 1.165) is 24.5 Å². The Morgan fingerprint density at radius 2 is 1.85 bits per heavy atom. The molecule has 0 aromatic heterocycles. The van der Waals surface area contributed by atoms with Crippen molar-refractivity contribution in [2.24, 2.45) is 0 Å². The van der Waals surface area contributed by atoms with Crippen LogP contribution < -0.4 is 5.32 Å². The van der Waals surface area contributed by atoms with Crippen LogP contribution in [-0.4, -0.2) is 6.54 Å². The summed E-state index contributed by atoms with van der Waals surface area (Å²) >= 11 is 6.23. The van der Waals surface area contributed by atoms with Gasteiger partial charge in [-0.2, -0.15) is 0 Å². The Balaban J connectivity index is 1.76. The van der Waals surface area contributed by atoms with Gasteiger partial charge in [-0.25, -0.2) is 0 Å². The van der Waals surface area contributed by atoms with Crippen LogP contribution in [0.25, 0.3) is 0 Å². The molecule has 0 saturated heterocycles. The Bertz CT molecular complexity index is 536. The van der Waals surface area contributed by atoms with Crippen LogP contribution >= 0.6 is 11.6 Å². The van der Waals surface area contributed by atoms with E-state index in [1.54, 1.807) is 0 Å². The van der Waals surface area contributed by atoms with E-state index in [9.17, 15) is 0 Å². The second-order valence-electron chi connectivity index (χ2n) is 5.37. The smallest absolute Gasteiger partial charge is 0.0453 e. The molecule has 0 bridgehead atoms. The number of benzene rings is 2. The van der Waals surface area contributed by atoms with Crippen molar-refractivity contribution in [3.63, 3.8) is 0 Å². The summed E-state index contributed by atoms with van der Waals surface area (Å²) in [4.78, 5) is 0. The molecule has 0 aliphatic rings. The molecule has 0 amide bonds. The van der Waals surface area contributed by atoms with Gasteiger partial charge in [0.25, 0.3) is 0 Å². The molecule has 1 nitrogen and oxygen atoms in total. The highest BCUT2D eigenvalue weighted by Gasteiger charge is 2.05. The van der Waals surface area contributed by atoms with E-state index in [4.69, 9.17) is 11.6 Å². The van der Waals surface area contributed by atoms with Gasteiger partial charge in [0, 0.05) is 11.6 Å². The first-order valence-corrected chi connectivity index (χ1v) is 7.55. The highest BCUT2D eigenvalue weighted by Crippen LogP contribution is 2.19. The maximum Gasteiger partial charge on any atom is 0.0453 e. The lowest BCUT2D eigenvalue weighted by Crippen LogP contribution is -2.16. The van der Waals surface area contributed by atoms with Crippen molar-refractivity contribution >= 4 is 11.6 Å². The lowest BCUT2D eigenvalue weighted by molar-refractivity contribution is 0.594. The van der Waals surface area contributed by atoms with Crippen molar-refractivity contribution in [3.8, 4) is 0 Å². The molecule has 0 radical (unpaired) electrons. The first kappa shape index (κ1) is 15.1. The van der Waals surface area contributed by atoms with E-state index < -0.39 is 0 Å². The van der Waals surface area contributed by atoms with Crippen LogP contribution in [0.3, 0.4) is 0 Å². The second kappa shape index (κ2) is 7.47. The van der Waals surface area contributed by atoms with Gasteiger partial charge in [0.2, 0.25) is 0 Å². The summed E-state index contributed by atoms with van der Waals surface area (Å²) < 4.78 is 0. The molecule has 2 heteroatoms. The van der Waals surface area contributed by atoms with E-state index in [1.807, 2.05) is 6.07 Å². The zero-order valence-corrected chi connectivity index (χ0v) is 13.0. The predicted octanol–water partition coefficient (Wildman–Crippen LogP) is 4.93. The van der Waals surface area contributed by atoms with Crippen molar-refractivity contribution in [2.45, 2.75) is 32.7 Å². The standard InChI is InChI=1S/C18H22ClN/c1-14-8-9-17(18(19)12-14)13-20-11-10-15(2)16-6-4-3-5-7-16/h3-9,12,15,20H,10-11,13H2,1-2H3. The third kappa shape index (κ3) is 4.36. The highest BCUT2D eigenvalue weighted by atomic mass is 35.5. The number of halogens is 1. The topological polar surface area (TPSA) is 12.0 Å². The molecule has 0 aliphatic heterocycles. The van der Waals surface area contributed by atoms with Crippen LogP contribution in [0, 0.1) is 6.92 Å². The Morgan fingerprint density at radius 1 is 1.10 bits per heavy atom. The van der Waals surface area contributed by atoms with Gasteiger partial charge >= 0.3 is 0 Å². The molecular weight excluding hydrogens is 266 g/mol. The summed E-state index contributed by atoms with van der Waals surface area (Å²) in [7, 11) is 0. The lowest BCUT2D eigenvalue weighted by atomic mass is 9.98. The third-order valence-electron chi connectivity index (χ3n) is 3.65. The minimum atomic E-state index is 0.581. The Morgan fingerprint density at radius 3 is 2.55 bits per heavy atom. The van der Waals surface area contributed by atoms with E-state index >= 15 is 0 Å². The van der Waals surface area contributed by atoms with Gasteiger partial charge in [-0.15, -0.1) is 0 Å². The second-order valence-corrected chi connectivity index (χ2v) is 5.78. The molecule has 0 fully saturated rings. The van der Waals surface area contributed by atoms with Crippen molar-refractivity contribution in [2.75, 3.05) is 6.54 Å². The van der Waals surface area contributed by atoms with Crippen LogP contribution in [0.1, 0.15) is 36.0 Å². The Kier molecular flexibility index (Phi) is 5.63. The summed E-state index contributed by atoms with van der Waals surface area (Å²) in [5.74, 6) is 0.581. The average Bonchev–Trinajstić information content (AvgIpc) is 2.46. The fourth-order valence-electron chi connectivity index (χ4n) is 2.29. The van der Waals surface area contributed by atoms with Crippen LogP contribution in [0.4, 0.5) is 0 Å². The van der Waals surface area contributed by atoms with Crippen LogP contribution in [0.15, 0.2) is 48.5 Å². The molecule has 0 saturated carbocycles. The Hall–Kier alpha value is -1.31. The molecule has 0 aliphatic carbocycles. The number of nitrogens with one attached hydrogen (secondary N) is 1. The molecule has 0 heterocycles. The van der Waals surface area contributed by atoms with Gasteiger partial charge in [0.05, 0.1) is 0 Å². The fraction of sp³-hybridized carbons (Fsp3) is 0.333. The van der Waals surface area contributed by atoms with Crippen molar-refractivity contribution < 1.29 is 0 Å². The largest absolute Gasteiger partial charge is 0.313 e. The quantitative estimate of drug-likeness (QED) is 0.743. The zero-order valence-electron chi connectivity index (χ0n) is 12.2. The first-order chi connectivity index (χ1) is 9.66. The van der Waals surface area contributed by atoms with Gasteiger partial charge in [-0.1, -0.05) is 61.0 Å². The van der Waals surface area contributed by atoms with E-state index in [1.165, 1.54) is 16.7 Å². The summed E-state index contributed by atoms with van der Waals surface area (Å²) in [6.07, 6.45) is 1.13. The molecule has 20 heavy (non-hydrogen) atoms. The summed E-state index contributed by atoms with van der Waals surface area (Å²) in [5, 5.41) is 4.33. The summed E-state index contributed by atoms with van der Waals surface area (Å²) in [6, 6.07) is 16.9. The van der Waals surface area contributed by atoms with Crippen LogP contribution in [-0.2, 0) is 6.54 Å². The molecule has 1 N–H and O–H groups in total. The van der Waals surface area contributed by atoms with Crippen LogP contribution in [0.5, 0.6) is 0 Å². The molecule has 1 unspecified atom stereocenters. The molecule has 1 atom stereocenters. The van der Waals surface area contributed by atoms with E-state index in [0.29, 0.717) is 5.92 Å². The normalized spacial score (nSPS) is 12.3. The average molecular weight is 288 g/mol. The van der Waals surface area contributed by atoms with Crippen molar-refractivity contribution in [1.82, 2.24) is 5.32 Å². The minimum Gasteiger partial charge on any atom is -0.313 e. The molecular formula is C18H22ClN. The van der Waals surface area contributed by atoms with Gasteiger partial charge in [-0.3, -0.25) is 0 Å². The summed E-state index contributed by atoms with van der Waals surface area (Å²) in [6.45, 7) is 6.17. The first-order valence-electron chi connectivity index (χ1n) is 7.17. The molecule has 2 aromatic carbocycles. The molecule has 106 valence electrons. The van der Waals surface area contributed by atoms with Gasteiger partial charge in [0.15, 0.2) is 0 Å². The van der Waals surface area contributed by atoms with Crippen molar-refractivity contribution in [1.29, 1.82) is 0 Å². The lowest BCUT2D eigenvalue weighted by Gasteiger charge is -2.13. The third-order valence-corrected chi connectivity index (χ3v) is 4.00. The fourth-order valence-corrected chi connectivity index (χ4v) is 2.59. The zero-order chi connectivity index (χ0) is 14.4. The van der Waals surface area contributed by atoms with Gasteiger partial charge in [-0.05, 0) is 48.6 Å². The highest BCUT2D eigenvalue weighted by molar-refractivity contribution is 6.31. The molecule has 0 spiro atoms. The number of rotatable bonds is 6. The maximum atomic E-state index is 6.23. The van der Waals surface area contributed by atoms with Gasteiger partial charge in [0.1, 0.15) is 0 Å². The number of hydrogen-bond donors (Lipinski definition) is 1. The van der Waals surface area contributed by atoms with Crippen LogP contribution in [0.2, 0.25) is 5.02 Å². The summed E-state index contributed by atoms with van der Waals surface area (Å²) in [5.41, 5.74) is 3.78. The van der Waals surface area contributed by atoms with Gasteiger partial charge < -0.3 is 5.32 Å². The Labute approximate surface area is 127 Å². The molecule has 2 rings (SSSR count). The van der Waals surface area contributed by atoms with E-state index in [-0.39, 0.29) is 0 Å².